The normalized spacial score (nSPS) is 22.1. The maximum Gasteiger partial charge on any atom is 0.495 e. The van der Waals surface area contributed by atoms with Gasteiger partial charge >= 0.3 is 13.3 Å². The summed E-state index contributed by atoms with van der Waals surface area (Å²) in [7, 11) is -0.837. The number of aliphatic hydroxyl groups is 2. The van der Waals surface area contributed by atoms with Gasteiger partial charge in [0.2, 0.25) is 0 Å². The van der Waals surface area contributed by atoms with Crippen LogP contribution in [0.25, 0.3) is 0 Å². The second-order valence-electron chi connectivity index (χ2n) is 7.49. The molecule has 1 saturated heterocycles. The van der Waals surface area contributed by atoms with Gasteiger partial charge in [0.1, 0.15) is 0 Å². The predicted molar refractivity (Wildman–Crippen MR) is 88.5 cm³/mol. The first-order chi connectivity index (χ1) is 11.2. The van der Waals surface area contributed by atoms with E-state index in [-0.39, 0.29) is 5.56 Å². The van der Waals surface area contributed by atoms with Crippen molar-refractivity contribution in [3.8, 4) is 0 Å². The quantitative estimate of drug-likeness (QED) is 0.810. The molecule has 4 nitrogen and oxygen atoms in total. The Hall–Kier alpha value is -1.09. The Morgan fingerprint density at radius 3 is 2.04 bits per heavy atom. The van der Waals surface area contributed by atoms with Crippen LogP contribution in [0.3, 0.4) is 0 Å². The van der Waals surface area contributed by atoms with E-state index >= 15 is 0 Å². The second-order valence-corrected chi connectivity index (χ2v) is 7.49. The first-order valence-electron chi connectivity index (χ1n) is 8.12. The molecular weight excluding hydrogens is 336 g/mol. The van der Waals surface area contributed by atoms with Crippen molar-refractivity contribution in [1.29, 1.82) is 0 Å². The fourth-order valence-electron chi connectivity index (χ4n) is 2.73. The minimum atomic E-state index is -4.92. The van der Waals surface area contributed by atoms with Crippen LogP contribution < -0.4 is 5.46 Å². The summed E-state index contributed by atoms with van der Waals surface area (Å²) >= 11 is 0. The minimum absolute atomic E-state index is 0.343. The summed E-state index contributed by atoms with van der Waals surface area (Å²) in [5.74, 6) is 0. The first-order valence-corrected chi connectivity index (χ1v) is 8.12. The van der Waals surface area contributed by atoms with E-state index in [2.05, 4.69) is 0 Å². The van der Waals surface area contributed by atoms with Crippen molar-refractivity contribution in [2.45, 2.75) is 64.0 Å². The monoisotopic (exact) mass is 360 g/mol. The maximum absolute atomic E-state index is 13.4. The predicted octanol–water partition coefficient (Wildman–Crippen LogP) is 2.43. The molecule has 1 aliphatic heterocycles. The average Bonchev–Trinajstić information content (AvgIpc) is 2.66. The fourth-order valence-corrected chi connectivity index (χ4v) is 2.73. The maximum atomic E-state index is 13.4. The van der Waals surface area contributed by atoms with Crippen LogP contribution in [0.5, 0.6) is 0 Å². The standard InChI is InChI=1S/C17H24BF3O4/c1-11-6-7-12(16(23,8-9-22)17(19,20)21)10-13(11)18-24-14(2,3)15(4,5)25-18/h6-7,10,22-23H,8-9H2,1-5H3. The molecule has 0 bridgehead atoms. The van der Waals surface area contributed by atoms with Crippen molar-refractivity contribution in [1.82, 2.24) is 0 Å². The van der Waals surface area contributed by atoms with Crippen LogP contribution in [0.4, 0.5) is 13.2 Å². The van der Waals surface area contributed by atoms with Crippen LogP contribution in [0.1, 0.15) is 45.2 Å². The average molecular weight is 360 g/mol. The van der Waals surface area contributed by atoms with E-state index in [1.807, 2.05) is 27.7 Å². The Morgan fingerprint density at radius 2 is 1.60 bits per heavy atom. The van der Waals surface area contributed by atoms with Gasteiger partial charge in [-0.15, -0.1) is 0 Å². The molecule has 0 amide bonds. The van der Waals surface area contributed by atoms with E-state index < -0.39 is 43.1 Å². The van der Waals surface area contributed by atoms with E-state index in [4.69, 9.17) is 14.4 Å². The molecule has 0 saturated carbocycles. The summed E-state index contributed by atoms with van der Waals surface area (Å²) in [5.41, 5.74) is -3.62. The van der Waals surface area contributed by atoms with Gasteiger partial charge in [-0.3, -0.25) is 0 Å². The number of hydrogen-bond acceptors (Lipinski definition) is 4. The van der Waals surface area contributed by atoms with Crippen LogP contribution in [0.2, 0.25) is 0 Å². The summed E-state index contributed by atoms with van der Waals surface area (Å²) in [5, 5.41) is 19.2. The first kappa shape index (κ1) is 20.2. The third-order valence-corrected chi connectivity index (χ3v) is 5.21. The molecule has 1 atom stereocenters. The Labute approximate surface area is 146 Å². The molecular formula is C17H24BF3O4. The van der Waals surface area contributed by atoms with Gasteiger partial charge in [0.15, 0.2) is 5.60 Å². The molecule has 1 unspecified atom stereocenters. The lowest BCUT2D eigenvalue weighted by Crippen LogP contribution is -2.45. The SMILES string of the molecule is Cc1ccc(C(O)(CCO)C(F)(F)F)cc1B1OC(C)(C)C(C)(C)O1. The molecule has 1 fully saturated rings. The molecule has 0 radical (unpaired) electrons. The highest BCUT2D eigenvalue weighted by Crippen LogP contribution is 2.42. The molecule has 2 N–H and O–H groups in total. The lowest BCUT2D eigenvalue weighted by Gasteiger charge is -2.32. The number of benzene rings is 1. The van der Waals surface area contributed by atoms with Crippen LogP contribution in [0.15, 0.2) is 18.2 Å². The molecule has 0 aliphatic carbocycles. The minimum Gasteiger partial charge on any atom is -0.399 e. The zero-order valence-corrected chi connectivity index (χ0v) is 15.1. The summed E-state index contributed by atoms with van der Waals surface area (Å²) in [6.45, 7) is 8.35. The highest BCUT2D eigenvalue weighted by molar-refractivity contribution is 6.62. The highest BCUT2D eigenvalue weighted by Gasteiger charge is 2.56. The van der Waals surface area contributed by atoms with Crippen LogP contribution in [-0.2, 0) is 14.9 Å². The Kier molecular flexibility index (Phi) is 5.07. The van der Waals surface area contributed by atoms with Gasteiger partial charge in [0.25, 0.3) is 0 Å². The largest absolute Gasteiger partial charge is 0.495 e. The molecule has 1 aromatic carbocycles. The van der Waals surface area contributed by atoms with Crippen LogP contribution >= 0.6 is 0 Å². The van der Waals surface area contributed by atoms with Crippen molar-refractivity contribution >= 4 is 12.6 Å². The lowest BCUT2D eigenvalue weighted by molar-refractivity contribution is -0.271. The summed E-state index contributed by atoms with van der Waals surface area (Å²) in [6.07, 6.45) is -5.76. The zero-order chi connectivity index (χ0) is 19.3. The zero-order valence-electron chi connectivity index (χ0n) is 15.1. The van der Waals surface area contributed by atoms with Gasteiger partial charge in [-0.05, 0) is 45.6 Å². The van der Waals surface area contributed by atoms with E-state index in [0.717, 1.165) is 0 Å². The van der Waals surface area contributed by atoms with Crippen molar-refractivity contribution in [3.63, 3.8) is 0 Å². The Morgan fingerprint density at radius 1 is 1.08 bits per heavy atom. The third kappa shape index (κ3) is 3.45. The van der Waals surface area contributed by atoms with Gasteiger partial charge in [0.05, 0.1) is 11.2 Å². The molecule has 25 heavy (non-hydrogen) atoms. The van der Waals surface area contributed by atoms with Gasteiger partial charge in [-0.25, -0.2) is 0 Å². The topological polar surface area (TPSA) is 58.9 Å². The van der Waals surface area contributed by atoms with Crippen molar-refractivity contribution in [3.05, 3.63) is 29.3 Å². The highest BCUT2D eigenvalue weighted by atomic mass is 19.4. The van der Waals surface area contributed by atoms with Crippen molar-refractivity contribution in [2.24, 2.45) is 0 Å². The smallest absolute Gasteiger partial charge is 0.399 e. The molecule has 1 heterocycles. The molecule has 1 aliphatic rings. The summed E-state index contributed by atoms with van der Waals surface area (Å²) < 4.78 is 52.0. The van der Waals surface area contributed by atoms with Crippen LogP contribution in [-0.4, -0.2) is 41.3 Å². The van der Waals surface area contributed by atoms with Crippen molar-refractivity contribution in [2.75, 3.05) is 6.61 Å². The van der Waals surface area contributed by atoms with Gasteiger partial charge in [-0.2, -0.15) is 13.2 Å². The number of rotatable bonds is 4. The number of aryl methyl sites for hydroxylation is 1. The fraction of sp³-hybridized carbons (Fsp3) is 0.647. The molecule has 1 aromatic rings. The second kappa shape index (κ2) is 6.26. The molecule has 2 rings (SSSR count). The van der Waals surface area contributed by atoms with Crippen LogP contribution in [0, 0.1) is 6.92 Å². The number of hydrogen-bond donors (Lipinski definition) is 2. The van der Waals surface area contributed by atoms with E-state index in [9.17, 15) is 18.3 Å². The van der Waals surface area contributed by atoms with E-state index in [1.54, 1.807) is 6.92 Å². The Balaban J connectivity index is 2.49. The number of halogens is 3. The molecule has 0 spiro atoms. The Bertz CT molecular complexity index is 629. The van der Waals surface area contributed by atoms with E-state index in [0.29, 0.717) is 11.0 Å². The number of alkyl halides is 3. The molecule has 0 aromatic heterocycles. The third-order valence-electron chi connectivity index (χ3n) is 5.21. The van der Waals surface area contributed by atoms with Gasteiger partial charge < -0.3 is 19.5 Å². The molecule has 8 heteroatoms. The summed E-state index contributed by atoms with van der Waals surface area (Å²) in [4.78, 5) is 0. The van der Waals surface area contributed by atoms with Gasteiger partial charge in [-0.1, -0.05) is 23.8 Å². The lowest BCUT2D eigenvalue weighted by atomic mass is 9.73. The number of aliphatic hydroxyl groups excluding tert-OH is 1. The summed E-state index contributed by atoms with van der Waals surface area (Å²) in [6, 6.07) is 3.96. The van der Waals surface area contributed by atoms with Crippen molar-refractivity contribution < 1.29 is 32.7 Å². The van der Waals surface area contributed by atoms with E-state index in [1.165, 1.54) is 18.2 Å². The molecule has 140 valence electrons. The van der Waals surface area contributed by atoms with Gasteiger partial charge in [0, 0.05) is 13.0 Å².